The van der Waals surface area contributed by atoms with Crippen LogP contribution in [0.3, 0.4) is 0 Å². The van der Waals surface area contributed by atoms with Crippen LogP contribution in [0.2, 0.25) is 0 Å². The lowest BCUT2D eigenvalue weighted by atomic mass is 10.2. The maximum absolute atomic E-state index is 11.4. The number of carbonyl (C=O) groups is 1. The third-order valence-electron chi connectivity index (χ3n) is 3.18. The van der Waals surface area contributed by atoms with E-state index in [0.29, 0.717) is 25.5 Å². The number of hydrogen-bond donors (Lipinski definition) is 2. The molecule has 6 heteroatoms. The second-order valence-electron chi connectivity index (χ2n) is 4.60. The van der Waals surface area contributed by atoms with Crippen molar-refractivity contribution in [1.29, 1.82) is 0 Å². The summed E-state index contributed by atoms with van der Waals surface area (Å²) in [7, 11) is 1.36. The van der Waals surface area contributed by atoms with E-state index in [1.54, 1.807) is 6.07 Å². The number of benzene rings is 1. The molecule has 0 aliphatic carbocycles. The average Bonchev–Trinajstić information content (AvgIpc) is 3.01. The number of anilines is 1. The Morgan fingerprint density at radius 1 is 1.24 bits per heavy atom. The maximum atomic E-state index is 11.4. The van der Waals surface area contributed by atoms with Crippen LogP contribution in [0.15, 0.2) is 30.3 Å². The molecule has 2 N–H and O–H groups in total. The maximum Gasteiger partial charge on any atom is 0.354 e. The zero-order chi connectivity index (χ0) is 14.7. The quantitative estimate of drug-likeness (QED) is 0.844. The summed E-state index contributed by atoms with van der Waals surface area (Å²) in [4.78, 5) is 14.4. The molecule has 0 unspecified atom stereocenters. The Balaban J connectivity index is 1.65. The van der Waals surface area contributed by atoms with Gasteiger partial charge < -0.3 is 24.5 Å². The third-order valence-corrected chi connectivity index (χ3v) is 3.18. The molecule has 0 radical (unpaired) electrons. The minimum atomic E-state index is -0.374. The SMILES string of the molecule is COC(=O)c1ccc(CNc2ccc3c(c2)OCCO3)[nH]1. The number of hydrogen-bond acceptors (Lipinski definition) is 5. The summed E-state index contributed by atoms with van der Waals surface area (Å²) in [6.45, 7) is 1.71. The highest BCUT2D eigenvalue weighted by Gasteiger charge is 2.12. The second kappa shape index (κ2) is 5.78. The predicted molar refractivity (Wildman–Crippen MR) is 76.9 cm³/mol. The van der Waals surface area contributed by atoms with Crippen LogP contribution in [0.25, 0.3) is 0 Å². The molecule has 6 nitrogen and oxygen atoms in total. The van der Waals surface area contributed by atoms with Gasteiger partial charge in [0.15, 0.2) is 11.5 Å². The van der Waals surface area contributed by atoms with Crippen LogP contribution in [-0.4, -0.2) is 31.3 Å². The summed E-state index contributed by atoms with van der Waals surface area (Å²) in [6.07, 6.45) is 0. The van der Waals surface area contributed by atoms with Crippen molar-refractivity contribution in [1.82, 2.24) is 4.98 Å². The third kappa shape index (κ3) is 2.94. The molecular weight excluding hydrogens is 272 g/mol. The monoisotopic (exact) mass is 288 g/mol. The molecule has 0 saturated carbocycles. The summed E-state index contributed by atoms with van der Waals surface area (Å²) in [5.41, 5.74) is 2.26. The Bertz CT molecular complexity index is 651. The van der Waals surface area contributed by atoms with Crippen molar-refractivity contribution in [2.45, 2.75) is 6.54 Å². The zero-order valence-electron chi connectivity index (χ0n) is 11.6. The van der Waals surface area contributed by atoms with Crippen LogP contribution >= 0.6 is 0 Å². The predicted octanol–water partition coefficient (Wildman–Crippen LogP) is 2.18. The molecule has 0 bridgehead atoms. The molecule has 110 valence electrons. The lowest BCUT2D eigenvalue weighted by molar-refractivity contribution is 0.0594. The molecule has 1 aromatic heterocycles. The van der Waals surface area contributed by atoms with Gasteiger partial charge in [-0.15, -0.1) is 0 Å². The Morgan fingerprint density at radius 2 is 2.05 bits per heavy atom. The fourth-order valence-corrected chi connectivity index (χ4v) is 2.12. The summed E-state index contributed by atoms with van der Waals surface area (Å²) in [5, 5.41) is 3.26. The number of nitrogens with one attached hydrogen (secondary N) is 2. The molecule has 21 heavy (non-hydrogen) atoms. The lowest BCUT2D eigenvalue weighted by Crippen LogP contribution is -2.15. The summed E-state index contributed by atoms with van der Waals surface area (Å²) < 4.78 is 15.7. The lowest BCUT2D eigenvalue weighted by Gasteiger charge is -2.19. The van der Waals surface area contributed by atoms with Crippen LogP contribution in [0.5, 0.6) is 11.5 Å². The molecule has 0 saturated heterocycles. The van der Waals surface area contributed by atoms with E-state index in [-0.39, 0.29) is 5.97 Å². The molecule has 0 fully saturated rings. The summed E-state index contributed by atoms with van der Waals surface area (Å²) in [5.74, 6) is 1.13. The minimum absolute atomic E-state index is 0.374. The number of fused-ring (bicyclic) bond motifs is 1. The van der Waals surface area contributed by atoms with E-state index >= 15 is 0 Å². The van der Waals surface area contributed by atoms with Gasteiger partial charge in [0, 0.05) is 17.4 Å². The molecular formula is C15H16N2O4. The van der Waals surface area contributed by atoms with E-state index in [1.165, 1.54) is 7.11 Å². The standard InChI is InChI=1S/C15H16N2O4/c1-19-15(18)12-4-2-11(17-12)9-16-10-3-5-13-14(8-10)21-7-6-20-13/h2-5,8,16-17H,6-7,9H2,1H3. The summed E-state index contributed by atoms with van der Waals surface area (Å²) >= 11 is 0. The first-order valence-electron chi connectivity index (χ1n) is 6.66. The number of esters is 1. The number of H-pyrrole nitrogens is 1. The van der Waals surface area contributed by atoms with E-state index in [2.05, 4.69) is 15.0 Å². The van der Waals surface area contributed by atoms with Gasteiger partial charge >= 0.3 is 5.97 Å². The smallest absolute Gasteiger partial charge is 0.354 e. The Morgan fingerprint density at radius 3 is 2.86 bits per heavy atom. The molecule has 2 aromatic rings. The minimum Gasteiger partial charge on any atom is -0.486 e. The van der Waals surface area contributed by atoms with Crippen molar-refractivity contribution in [2.24, 2.45) is 0 Å². The average molecular weight is 288 g/mol. The van der Waals surface area contributed by atoms with Gasteiger partial charge in [0.25, 0.3) is 0 Å². The Labute approximate surface area is 122 Å². The molecule has 2 heterocycles. The molecule has 0 spiro atoms. The molecule has 0 atom stereocenters. The van der Waals surface area contributed by atoms with Crippen LogP contribution < -0.4 is 14.8 Å². The van der Waals surface area contributed by atoms with E-state index in [9.17, 15) is 4.79 Å². The molecule has 1 aliphatic rings. The van der Waals surface area contributed by atoms with Crippen LogP contribution in [0.1, 0.15) is 16.2 Å². The zero-order valence-corrected chi connectivity index (χ0v) is 11.6. The van der Waals surface area contributed by atoms with Gasteiger partial charge in [-0.2, -0.15) is 0 Å². The normalized spacial score (nSPS) is 12.8. The van der Waals surface area contributed by atoms with Gasteiger partial charge in [0.2, 0.25) is 0 Å². The number of ether oxygens (including phenoxy) is 3. The summed E-state index contributed by atoms with van der Waals surface area (Å²) in [6, 6.07) is 9.26. The van der Waals surface area contributed by atoms with E-state index in [1.807, 2.05) is 24.3 Å². The Kier molecular flexibility index (Phi) is 3.68. The fourth-order valence-electron chi connectivity index (χ4n) is 2.12. The van der Waals surface area contributed by atoms with Gasteiger partial charge in [-0.05, 0) is 24.3 Å². The first-order chi connectivity index (χ1) is 10.3. The number of aromatic amines is 1. The molecule has 0 amide bonds. The number of aromatic nitrogens is 1. The number of carbonyl (C=O) groups excluding carboxylic acids is 1. The Hall–Kier alpha value is -2.63. The van der Waals surface area contributed by atoms with Crippen LogP contribution in [0, 0.1) is 0 Å². The fraction of sp³-hybridized carbons (Fsp3) is 0.267. The topological polar surface area (TPSA) is 72.6 Å². The van der Waals surface area contributed by atoms with Crippen molar-refractivity contribution < 1.29 is 19.0 Å². The van der Waals surface area contributed by atoms with Crippen LogP contribution in [0.4, 0.5) is 5.69 Å². The highest BCUT2D eigenvalue weighted by atomic mass is 16.6. The van der Waals surface area contributed by atoms with Crippen LogP contribution in [-0.2, 0) is 11.3 Å². The van der Waals surface area contributed by atoms with Crippen molar-refractivity contribution in [2.75, 3.05) is 25.6 Å². The highest BCUT2D eigenvalue weighted by molar-refractivity contribution is 5.87. The highest BCUT2D eigenvalue weighted by Crippen LogP contribution is 2.32. The molecule has 1 aromatic carbocycles. The number of rotatable bonds is 4. The van der Waals surface area contributed by atoms with Crippen molar-refractivity contribution in [3.8, 4) is 11.5 Å². The van der Waals surface area contributed by atoms with Crippen molar-refractivity contribution >= 4 is 11.7 Å². The van der Waals surface area contributed by atoms with Gasteiger partial charge in [-0.3, -0.25) is 0 Å². The van der Waals surface area contributed by atoms with Gasteiger partial charge in [0.1, 0.15) is 18.9 Å². The number of methoxy groups -OCH3 is 1. The largest absolute Gasteiger partial charge is 0.486 e. The van der Waals surface area contributed by atoms with E-state index < -0.39 is 0 Å². The van der Waals surface area contributed by atoms with Gasteiger partial charge in [-0.25, -0.2) is 4.79 Å². The molecule has 3 rings (SSSR count). The van der Waals surface area contributed by atoms with Crippen molar-refractivity contribution in [3.63, 3.8) is 0 Å². The molecule has 1 aliphatic heterocycles. The van der Waals surface area contributed by atoms with Crippen molar-refractivity contribution in [3.05, 3.63) is 41.7 Å². The van der Waals surface area contributed by atoms with Gasteiger partial charge in [0.05, 0.1) is 13.7 Å². The van der Waals surface area contributed by atoms with Gasteiger partial charge in [-0.1, -0.05) is 0 Å². The van der Waals surface area contributed by atoms with E-state index in [0.717, 1.165) is 22.9 Å². The first kappa shape index (κ1) is 13.4. The first-order valence-corrected chi connectivity index (χ1v) is 6.66. The second-order valence-corrected chi connectivity index (χ2v) is 4.60. The van der Waals surface area contributed by atoms with E-state index in [4.69, 9.17) is 9.47 Å².